The zero-order valence-electron chi connectivity index (χ0n) is 7.72. The third-order valence-electron chi connectivity index (χ3n) is 1.83. The Labute approximate surface area is 99.9 Å². The van der Waals surface area contributed by atoms with Gasteiger partial charge in [0.05, 0.1) is 7.11 Å². The summed E-state index contributed by atoms with van der Waals surface area (Å²) >= 11 is 6.81. The van der Waals surface area contributed by atoms with Gasteiger partial charge in [-0.2, -0.15) is 0 Å². The van der Waals surface area contributed by atoms with Gasteiger partial charge >= 0.3 is 5.97 Å². The van der Waals surface area contributed by atoms with E-state index in [-0.39, 0.29) is 5.97 Å². The van der Waals surface area contributed by atoms with Gasteiger partial charge in [-0.3, -0.25) is 4.79 Å². The van der Waals surface area contributed by atoms with Crippen LogP contribution in [0.25, 0.3) is 0 Å². The van der Waals surface area contributed by atoms with Crippen molar-refractivity contribution in [1.82, 2.24) is 0 Å². The van der Waals surface area contributed by atoms with Crippen LogP contribution < -0.4 is 0 Å². The number of esters is 1. The third kappa shape index (κ3) is 3.42. The first-order valence-electron chi connectivity index (χ1n) is 4.14. The van der Waals surface area contributed by atoms with Gasteiger partial charge in [0.2, 0.25) is 0 Å². The zero-order chi connectivity index (χ0) is 10.6. The van der Waals surface area contributed by atoms with E-state index >= 15 is 0 Å². The minimum Gasteiger partial charge on any atom is -0.469 e. The second-order valence-electron chi connectivity index (χ2n) is 2.81. The summed E-state index contributed by atoms with van der Waals surface area (Å²) < 4.78 is 6.61. The lowest BCUT2D eigenvalue weighted by molar-refractivity contribution is -0.140. The normalized spacial score (nSPS) is 9.93. The maximum Gasteiger partial charge on any atom is 0.305 e. The predicted octanol–water partition coefficient (Wildman–Crippen LogP) is 3.32. The van der Waals surface area contributed by atoms with E-state index in [1.165, 1.54) is 7.11 Å². The topological polar surface area (TPSA) is 26.3 Å². The molecule has 0 atom stereocenters. The van der Waals surface area contributed by atoms with Gasteiger partial charge in [-0.1, -0.05) is 31.9 Å². The van der Waals surface area contributed by atoms with Crippen LogP contribution >= 0.6 is 31.9 Å². The van der Waals surface area contributed by atoms with Crippen molar-refractivity contribution >= 4 is 37.8 Å². The molecule has 4 heteroatoms. The van der Waals surface area contributed by atoms with Crippen LogP contribution in [0.1, 0.15) is 12.0 Å². The Bertz CT molecular complexity index is 337. The molecule has 76 valence electrons. The van der Waals surface area contributed by atoms with Gasteiger partial charge in [0.1, 0.15) is 0 Å². The SMILES string of the molecule is COC(=O)CCc1cc(Br)ccc1Br. The largest absolute Gasteiger partial charge is 0.469 e. The third-order valence-corrected chi connectivity index (χ3v) is 3.10. The number of halogens is 2. The minimum absolute atomic E-state index is 0.183. The Morgan fingerprint density at radius 3 is 2.79 bits per heavy atom. The molecule has 0 heterocycles. The average molecular weight is 322 g/mol. The molecule has 0 spiro atoms. The Hall–Kier alpha value is -0.350. The number of carbonyl (C=O) groups is 1. The number of hydrogen-bond donors (Lipinski definition) is 0. The fraction of sp³-hybridized carbons (Fsp3) is 0.300. The summed E-state index contributed by atoms with van der Waals surface area (Å²) in [6.45, 7) is 0. The summed E-state index contributed by atoms with van der Waals surface area (Å²) in [7, 11) is 1.40. The maximum absolute atomic E-state index is 10.9. The van der Waals surface area contributed by atoms with E-state index in [0.29, 0.717) is 12.8 Å². The number of methoxy groups -OCH3 is 1. The second kappa shape index (κ2) is 5.51. The molecule has 0 saturated heterocycles. The average Bonchev–Trinajstić information content (AvgIpc) is 2.19. The molecule has 1 aromatic carbocycles. The summed E-state index contributed by atoms with van der Waals surface area (Å²) in [5, 5.41) is 0. The summed E-state index contributed by atoms with van der Waals surface area (Å²) in [5.41, 5.74) is 1.10. The van der Waals surface area contributed by atoms with Crippen molar-refractivity contribution in [1.29, 1.82) is 0 Å². The van der Waals surface area contributed by atoms with Crippen molar-refractivity contribution in [2.75, 3.05) is 7.11 Å². The quantitative estimate of drug-likeness (QED) is 0.798. The number of carbonyl (C=O) groups excluding carboxylic acids is 1. The van der Waals surface area contributed by atoms with Crippen molar-refractivity contribution in [2.24, 2.45) is 0 Å². The highest BCUT2D eigenvalue weighted by atomic mass is 79.9. The lowest BCUT2D eigenvalue weighted by Crippen LogP contribution is -2.02. The summed E-state index contributed by atoms with van der Waals surface area (Å²) in [4.78, 5) is 10.9. The van der Waals surface area contributed by atoms with Crippen molar-refractivity contribution in [2.45, 2.75) is 12.8 Å². The molecule has 0 N–H and O–H groups in total. The Morgan fingerprint density at radius 1 is 1.43 bits per heavy atom. The molecular formula is C10H10Br2O2. The molecule has 14 heavy (non-hydrogen) atoms. The van der Waals surface area contributed by atoms with Crippen LogP contribution in [0.3, 0.4) is 0 Å². The van der Waals surface area contributed by atoms with Crippen molar-refractivity contribution in [3.63, 3.8) is 0 Å². The minimum atomic E-state index is -0.183. The molecular weight excluding hydrogens is 312 g/mol. The first-order valence-corrected chi connectivity index (χ1v) is 5.73. The fourth-order valence-electron chi connectivity index (χ4n) is 1.07. The number of hydrogen-bond acceptors (Lipinski definition) is 2. The molecule has 0 fully saturated rings. The van der Waals surface area contributed by atoms with Gasteiger partial charge < -0.3 is 4.74 Å². The van der Waals surface area contributed by atoms with Crippen molar-refractivity contribution < 1.29 is 9.53 Å². The van der Waals surface area contributed by atoms with Gasteiger partial charge in [0.25, 0.3) is 0 Å². The first-order chi connectivity index (χ1) is 6.63. The highest BCUT2D eigenvalue weighted by molar-refractivity contribution is 9.11. The van der Waals surface area contributed by atoms with E-state index < -0.39 is 0 Å². The van der Waals surface area contributed by atoms with Gasteiger partial charge in [0, 0.05) is 15.4 Å². The Morgan fingerprint density at radius 2 is 2.14 bits per heavy atom. The lowest BCUT2D eigenvalue weighted by Gasteiger charge is -2.04. The predicted molar refractivity (Wildman–Crippen MR) is 62.2 cm³/mol. The lowest BCUT2D eigenvalue weighted by atomic mass is 10.1. The molecule has 2 nitrogen and oxygen atoms in total. The fourth-order valence-corrected chi connectivity index (χ4v) is 1.93. The van der Waals surface area contributed by atoms with Crippen LogP contribution in [-0.4, -0.2) is 13.1 Å². The van der Waals surface area contributed by atoms with Gasteiger partial charge in [-0.25, -0.2) is 0 Å². The van der Waals surface area contributed by atoms with E-state index in [9.17, 15) is 4.79 Å². The molecule has 0 unspecified atom stereocenters. The summed E-state index contributed by atoms with van der Waals surface area (Å²) in [6, 6.07) is 5.90. The van der Waals surface area contributed by atoms with E-state index in [2.05, 4.69) is 36.6 Å². The van der Waals surface area contributed by atoms with E-state index in [1.54, 1.807) is 0 Å². The molecule has 0 aliphatic rings. The van der Waals surface area contributed by atoms with E-state index in [0.717, 1.165) is 14.5 Å². The van der Waals surface area contributed by atoms with Crippen LogP contribution in [0, 0.1) is 0 Å². The molecule has 1 aromatic rings. The standard InChI is InChI=1S/C10H10Br2O2/c1-14-10(13)5-2-7-6-8(11)3-4-9(7)12/h3-4,6H,2,5H2,1H3. The number of ether oxygens (including phenoxy) is 1. The number of rotatable bonds is 3. The molecule has 0 aliphatic heterocycles. The van der Waals surface area contributed by atoms with Crippen LogP contribution in [0.5, 0.6) is 0 Å². The number of aryl methyl sites for hydroxylation is 1. The van der Waals surface area contributed by atoms with Crippen LogP contribution in [0.15, 0.2) is 27.1 Å². The highest BCUT2D eigenvalue weighted by Gasteiger charge is 2.04. The smallest absolute Gasteiger partial charge is 0.305 e. The molecule has 0 aliphatic carbocycles. The molecule has 0 bridgehead atoms. The molecule has 0 amide bonds. The molecule has 0 radical (unpaired) electrons. The van der Waals surface area contributed by atoms with Gasteiger partial charge in [-0.15, -0.1) is 0 Å². The van der Waals surface area contributed by atoms with Crippen LogP contribution in [-0.2, 0) is 16.0 Å². The van der Waals surface area contributed by atoms with Gasteiger partial charge in [-0.05, 0) is 30.2 Å². The first kappa shape index (κ1) is 11.7. The molecule has 1 rings (SSSR count). The summed E-state index contributed by atoms with van der Waals surface area (Å²) in [5.74, 6) is -0.183. The van der Waals surface area contributed by atoms with E-state index in [1.807, 2.05) is 18.2 Å². The zero-order valence-corrected chi connectivity index (χ0v) is 10.9. The molecule has 0 aromatic heterocycles. The Balaban J connectivity index is 2.66. The van der Waals surface area contributed by atoms with Crippen LogP contribution in [0.4, 0.5) is 0 Å². The second-order valence-corrected chi connectivity index (χ2v) is 4.58. The molecule has 0 saturated carbocycles. The van der Waals surface area contributed by atoms with Crippen molar-refractivity contribution in [3.8, 4) is 0 Å². The highest BCUT2D eigenvalue weighted by Crippen LogP contribution is 2.22. The van der Waals surface area contributed by atoms with Crippen molar-refractivity contribution in [3.05, 3.63) is 32.7 Å². The maximum atomic E-state index is 10.9. The Kier molecular flexibility index (Phi) is 4.62. The number of benzene rings is 1. The monoisotopic (exact) mass is 320 g/mol. The summed E-state index contributed by atoms with van der Waals surface area (Å²) in [6.07, 6.45) is 1.10. The van der Waals surface area contributed by atoms with Gasteiger partial charge in [0.15, 0.2) is 0 Å². The van der Waals surface area contributed by atoms with Crippen LogP contribution in [0.2, 0.25) is 0 Å². The van der Waals surface area contributed by atoms with E-state index in [4.69, 9.17) is 0 Å².